The maximum atomic E-state index is 12.9. The number of rotatable bonds is 3. The molecule has 1 aromatic heterocycles. The van der Waals surface area contributed by atoms with Gasteiger partial charge < -0.3 is 10.3 Å². The number of aromatic amines is 1. The number of nitrogens with one attached hydrogen (secondary N) is 2. The zero-order chi connectivity index (χ0) is 18.3. The third kappa shape index (κ3) is 3.25. The topological polar surface area (TPSA) is 62.0 Å². The molecule has 7 heteroatoms. The van der Waals surface area contributed by atoms with E-state index in [9.17, 15) is 9.59 Å². The number of ketones is 1. The molecule has 0 aliphatic carbocycles. The van der Waals surface area contributed by atoms with Crippen molar-refractivity contribution in [2.45, 2.75) is 13.8 Å². The highest BCUT2D eigenvalue weighted by atomic mass is 35.5. The van der Waals surface area contributed by atoms with E-state index in [1.165, 1.54) is 13.0 Å². The minimum atomic E-state index is -0.522. The van der Waals surface area contributed by atoms with E-state index in [-0.39, 0.29) is 31.8 Å². The Morgan fingerprint density at radius 3 is 2.48 bits per heavy atom. The number of aromatic nitrogens is 1. The van der Waals surface area contributed by atoms with Gasteiger partial charge in [-0.05, 0) is 37.6 Å². The van der Waals surface area contributed by atoms with Gasteiger partial charge in [-0.2, -0.15) is 0 Å². The van der Waals surface area contributed by atoms with Crippen molar-refractivity contribution >= 4 is 63.0 Å². The van der Waals surface area contributed by atoms with Crippen molar-refractivity contribution in [3.63, 3.8) is 0 Å². The first-order chi connectivity index (χ1) is 11.8. The Kier molecular flexibility index (Phi) is 4.78. The predicted molar refractivity (Wildman–Crippen MR) is 104 cm³/mol. The lowest BCUT2D eigenvalue weighted by Gasteiger charge is -2.14. The summed E-state index contributed by atoms with van der Waals surface area (Å²) in [6.07, 6.45) is 0. The van der Waals surface area contributed by atoms with Gasteiger partial charge >= 0.3 is 0 Å². The number of Topliss-reactive ketones (excluding diaryl/α,β-unsaturated/α-hetero) is 1. The first-order valence-electron chi connectivity index (χ1n) is 7.37. The van der Waals surface area contributed by atoms with Gasteiger partial charge in [0, 0.05) is 5.69 Å². The number of carbonyl (C=O) groups excluding carboxylic acids is 1. The Morgan fingerprint density at radius 2 is 1.84 bits per heavy atom. The molecule has 0 bridgehead atoms. The standard InChI is InChI=1S/C18H13Cl3N2O2/c1-8-4-3-5-10(6-8)22-18-13(9(2)24)17(25)14-15(21)11(19)7-12(20)16(14)23-18/h3-7H,1-2H3,(H2,22,23,25). The molecule has 0 atom stereocenters. The summed E-state index contributed by atoms with van der Waals surface area (Å²) < 4.78 is 0. The lowest BCUT2D eigenvalue weighted by atomic mass is 10.1. The van der Waals surface area contributed by atoms with Crippen LogP contribution >= 0.6 is 34.8 Å². The summed E-state index contributed by atoms with van der Waals surface area (Å²) >= 11 is 18.4. The van der Waals surface area contributed by atoms with Crippen molar-refractivity contribution in [1.29, 1.82) is 0 Å². The van der Waals surface area contributed by atoms with Crippen molar-refractivity contribution < 1.29 is 4.79 Å². The molecule has 25 heavy (non-hydrogen) atoms. The monoisotopic (exact) mass is 394 g/mol. The van der Waals surface area contributed by atoms with Gasteiger partial charge in [-0.3, -0.25) is 9.59 Å². The minimum absolute atomic E-state index is 0.0331. The third-order valence-electron chi connectivity index (χ3n) is 3.77. The maximum absolute atomic E-state index is 12.9. The molecule has 0 unspecified atom stereocenters. The average Bonchev–Trinajstić information content (AvgIpc) is 2.52. The molecule has 0 amide bonds. The average molecular weight is 396 g/mol. The zero-order valence-corrected chi connectivity index (χ0v) is 15.6. The molecule has 1 heterocycles. The summed E-state index contributed by atoms with van der Waals surface area (Å²) in [5.41, 5.74) is 1.53. The van der Waals surface area contributed by atoms with Crippen LogP contribution < -0.4 is 10.7 Å². The van der Waals surface area contributed by atoms with E-state index in [1.807, 2.05) is 31.2 Å². The smallest absolute Gasteiger partial charge is 0.203 e. The molecule has 0 spiro atoms. The predicted octanol–water partition coefficient (Wildman–Crippen LogP) is 5.74. The van der Waals surface area contributed by atoms with Crippen molar-refractivity contribution in [3.05, 3.63) is 66.7 Å². The number of H-pyrrole nitrogens is 1. The highest BCUT2D eigenvalue weighted by Gasteiger charge is 2.21. The molecule has 2 aromatic carbocycles. The van der Waals surface area contributed by atoms with Gasteiger partial charge in [0.05, 0.1) is 26.0 Å². The summed E-state index contributed by atoms with van der Waals surface area (Å²) in [4.78, 5) is 28.0. The van der Waals surface area contributed by atoms with Crippen LogP contribution in [0.5, 0.6) is 0 Å². The van der Waals surface area contributed by atoms with Crippen LogP contribution in [0.1, 0.15) is 22.8 Å². The van der Waals surface area contributed by atoms with Gasteiger partial charge in [-0.15, -0.1) is 0 Å². The summed E-state index contributed by atoms with van der Waals surface area (Å²) in [6, 6.07) is 8.99. The van der Waals surface area contributed by atoms with Gasteiger partial charge in [-0.1, -0.05) is 46.9 Å². The van der Waals surface area contributed by atoms with E-state index >= 15 is 0 Å². The van der Waals surface area contributed by atoms with E-state index in [0.717, 1.165) is 11.3 Å². The fourth-order valence-corrected chi connectivity index (χ4v) is 3.40. The first-order valence-corrected chi connectivity index (χ1v) is 8.51. The lowest BCUT2D eigenvalue weighted by molar-refractivity contribution is 0.101. The van der Waals surface area contributed by atoms with Crippen LogP contribution in [0.4, 0.5) is 11.5 Å². The molecule has 128 valence electrons. The largest absolute Gasteiger partial charge is 0.341 e. The third-order valence-corrected chi connectivity index (χ3v) is 4.85. The SMILES string of the molecule is CC(=O)c1c(Nc2cccc(C)c2)[nH]c2c(Cl)cc(Cl)c(Cl)c2c1=O. The van der Waals surface area contributed by atoms with Gasteiger partial charge in [0.25, 0.3) is 0 Å². The van der Waals surface area contributed by atoms with E-state index in [1.54, 1.807) is 0 Å². The molecule has 3 aromatic rings. The lowest BCUT2D eigenvalue weighted by Crippen LogP contribution is -2.18. The van der Waals surface area contributed by atoms with E-state index in [2.05, 4.69) is 10.3 Å². The summed E-state index contributed by atoms with van der Waals surface area (Å²) in [6.45, 7) is 3.26. The van der Waals surface area contributed by atoms with Crippen molar-refractivity contribution in [2.24, 2.45) is 0 Å². The Hall–Kier alpha value is -2.01. The molecule has 0 aliphatic rings. The number of benzene rings is 2. The highest BCUT2D eigenvalue weighted by Crippen LogP contribution is 2.35. The second-order valence-corrected chi connectivity index (χ2v) is 6.85. The van der Waals surface area contributed by atoms with E-state index in [4.69, 9.17) is 34.8 Å². The molecule has 3 rings (SSSR count). The van der Waals surface area contributed by atoms with Gasteiger partial charge in [0.1, 0.15) is 11.4 Å². The molecule has 0 aliphatic heterocycles. The van der Waals surface area contributed by atoms with Crippen LogP contribution in [0.25, 0.3) is 10.9 Å². The number of hydrogen-bond donors (Lipinski definition) is 2. The van der Waals surface area contributed by atoms with Crippen LogP contribution in [-0.2, 0) is 0 Å². The summed E-state index contributed by atoms with van der Waals surface area (Å²) in [7, 11) is 0. The molecule has 0 radical (unpaired) electrons. The number of aryl methyl sites for hydroxylation is 1. The Bertz CT molecular complexity index is 1070. The summed E-state index contributed by atoms with van der Waals surface area (Å²) in [5.74, 6) is -0.138. The summed E-state index contributed by atoms with van der Waals surface area (Å²) in [5, 5.41) is 3.63. The second-order valence-electron chi connectivity index (χ2n) is 5.66. The van der Waals surface area contributed by atoms with Crippen LogP contribution in [0.2, 0.25) is 15.1 Å². The van der Waals surface area contributed by atoms with Crippen molar-refractivity contribution in [3.8, 4) is 0 Å². The first kappa shape index (κ1) is 17.8. The van der Waals surface area contributed by atoms with Gasteiger partial charge in [-0.25, -0.2) is 0 Å². The highest BCUT2D eigenvalue weighted by molar-refractivity contribution is 6.47. The van der Waals surface area contributed by atoms with E-state index in [0.29, 0.717) is 5.52 Å². The number of fused-ring (bicyclic) bond motifs is 1. The van der Waals surface area contributed by atoms with Gasteiger partial charge in [0.15, 0.2) is 5.78 Å². The second kappa shape index (κ2) is 6.71. The fraction of sp³-hybridized carbons (Fsp3) is 0.111. The Balaban J connectivity index is 2.33. The van der Waals surface area contributed by atoms with E-state index < -0.39 is 11.2 Å². The quantitative estimate of drug-likeness (QED) is 0.439. The number of halogens is 3. The molecular formula is C18H13Cl3N2O2. The van der Waals surface area contributed by atoms with Crippen LogP contribution in [0, 0.1) is 6.92 Å². The fourth-order valence-electron chi connectivity index (χ4n) is 2.65. The van der Waals surface area contributed by atoms with Crippen LogP contribution in [0.15, 0.2) is 35.1 Å². The zero-order valence-electron chi connectivity index (χ0n) is 13.3. The number of pyridine rings is 1. The minimum Gasteiger partial charge on any atom is -0.341 e. The number of anilines is 2. The molecular weight excluding hydrogens is 383 g/mol. The maximum Gasteiger partial charge on any atom is 0.203 e. The number of carbonyl (C=O) groups is 1. The van der Waals surface area contributed by atoms with Crippen molar-refractivity contribution in [1.82, 2.24) is 4.98 Å². The molecule has 0 saturated carbocycles. The van der Waals surface area contributed by atoms with Crippen LogP contribution in [0.3, 0.4) is 0 Å². The molecule has 0 saturated heterocycles. The number of hydrogen-bond acceptors (Lipinski definition) is 3. The van der Waals surface area contributed by atoms with Crippen LogP contribution in [-0.4, -0.2) is 10.8 Å². The molecule has 2 N–H and O–H groups in total. The van der Waals surface area contributed by atoms with Crippen molar-refractivity contribution in [2.75, 3.05) is 5.32 Å². The molecule has 4 nitrogen and oxygen atoms in total. The Labute approximate surface area is 158 Å². The normalized spacial score (nSPS) is 10.9. The Morgan fingerprint density at radius 1 is 1.12 bits per heavy atom. The van der Waals surface area contributed by atoms with Gasteiger partial charge in [0.2, 0.25) is 5.43 Å². The molecule has 0 fully saturated rings.